The van der Waals surface area contributed by atoms with E-state index in [4.69, 9.17) is 0 Å². The van der Waals surface area contributed by atoms with Gasteiger partial charge in [0, 0.05) is 18.4 Å². The fourth-order valence-corrected chi connectivity index (χ4v) is 0.903. The second-order valence-corrected chi connectivity index (χ2v) is 4.57. The van der Waals surface area contributed by atoms with E-state index >= 15 is 0 Å². The summed E-state index contributed by atoms with van der Waals surface area (Å²) < 4.78 is 1.82. The van der Waals surface area contributed by atoms with E-state index in [1.807, 2.05) is 24.1 Å². The van der Waals surface area contributed by atoms with Crippen molar-refractivity contribution in [1.82, 2.24) is 9.78 Å². The summed E-state index contributed by atoms with van der Waals surface area (Å²) in [7, 11) is 4.72. The lowest BCUT2D eigenvalue weighted by atomic mass is 10.1. The lowest BCUT2D eigenvalue weighted by Crippen LogP contribution is -2.04. The zero-order chi connectivity index (χ0) is 7.78. The Bertz CT molecular complexity index is 222. The molecule has 1 atom stereocenters. The Kier molecular flexibility index (Phi) is 1.82. The predicted molar refractivity (Wildman–Crippen MR) is 45.9 cm³/mol. The maximum atomic E-state index is 4.09. The normalized spacial score (nSPS) is 12.0. The third kappa shape index (κ3) is 1.57. The fourth-order valence-electron chi connectivity index (χ4n) is 0.754. The zero-order valence-electron chi connectivity index (χ0n) is 6.63. The molecule has 1 aromatic rings. The highest BCUT2D eigenvalue weighted by Crippen LogP contribution is 2.28. The minimum absolute atomic E-state index is 0.147. The summed E-state index contributed by atoms with van der Waals surface area (Å²) in [5.41, 5.74) is 1.25. The van der Waals surface area contributed by atoms with Crippen molar-refractivity contribution >= 4 is 9.24 Å². The van der Waals surface area contributed by atoms with Gasteiger partial charge in [0.1, 0.15) is 0 Å². The van der Waals surface area contributed by atoms with E-state index < -0.39 is 0 Å². The standard InChI is InChI=1S/C7H13N2P/c1-7(2,10)6-4-8-9(3)5-6/h4-5H,10H2,1-3H3. The van der Waals surface area contributed by atoms with Crippen LogP contribution < -0.4 is 0 Å². The quantitative estimate of drug-likeness (QED) is 0.564. The average Bonchev–Trinajstić information content (AvgIpc) is 2.11. The first-order valence-electron chi connectivity index (χ1n) is 3.28. The summed E-state index contributed by atoms with van der Waals surface area (Å²) in [5.74, 6) is 0. The van der Waals surface area contributed by atoms with E-state index in [9.17, 15) is 0 Å². The molecular weight excluding hydrogens is 143 g/mol. The minimum atomic E-state index is 0.147. The van der Waals surface area contributed by atoms with Crippen LogP contribution >= 0.6 is 9.24 Å². The third-order valence-corrected chi connectivity index (χ3v) is 1.78. The number of rotatable bonds is 1. The van der Waals surface area contributed by atoms with Crippen molar-refractivity contribution in [2.45, 2.75) is 19.0 Å². The first kappa shape index (κ1) is 7.74. The highest BCUT2D eigenvalue weighted by molar-refractivity contribution is 7.18. The number of aromatic nitrogens is 2. The van der Waals surface area contributed by atoms with Gasteiger partial charge in [-0.15, -0.1) is 9.24 Å². The van der Waals surface area contributed by atoms with E-state index in [1.165, 1.54) is 5.56 Å². The Morgan fingerprint density at radius 1 is 1.60 bits per heavy atom. The number of nitrogens with zero attached hydrogens (tertiary/aromatic N) is 2. The zero-order valence-corrected chi connectivity index (χ0v) is 7.78. The van der Waals surface area contributed by atoms with Crippen LogP contribution in [0, 0.1) is 0 Å². The average molecular weight is 156 g/mol. The first-order valence-corrected chi connectivity index (χ1v) is 3.86. The Hall–Kier alpha value is -0.360. The molecule has 0 aliphatic carbocycles. The summed E-state index contributed by atoms with van der Waals surface area (Å²) >= 11 is 0. The second-order valence-electron chi connectivity index (χ2n) is 3.12. The van der Waals surface area contributed by atoms with Crippen LogP contribution in [0.2, 0.25) is 0 Å². The molecule has 56 valence electrons. The molecule has 0 aliphatic heterocycles. The molecule has 1 aromatic heterocycles. The molecule has 0 saturated heterocycles. The van der Waals surface area contributed by atoms with Gasteiger partial charge in [0.05, 0.1) is 6.20 Å². The Labute approximate surface area is 63.8 Å². The highest BCUT2D eigenvalue weighted by atomic mass is 31.0. The number of hydrogen-bond donors (Lipinski definition) is 0. The summed E-state index contributed by atoms with van der Waals surface area (Å²) in [4.78, 5) is 0. The Morgan fingerprint density at radius 3 is 2.40 bits per heavy atom. The van der Waals surface area contributed by atoms with Crippen LogP contribution in [0.1, 0.15) is 19.4 Å². The van der Waals surface area contributed by atoms with E-state index in [-0.39, 0.29) is 5.16 Å². The van der Waals surface area contributed by atoms with Gasteiger partial charge in [-0.25, -0.2) is 0 Å². The monoisotopic (exact) mass is 156 g/mol. The molecule has 0 saturated carbocycles. The van der Waals surface area contributed by atoms with Gasteiger partial charge in [-0.05, 0) is 5.56 Å². The molecule has 0 bridgehead atoms. The van der Waals surface area contributed by atoms with Crippen molar-refractivity contribution in [2.24, 2.45) is 7.05 Å². The van der Waals surface area contributed by atoms with Crippen molar-refractivity contribution in [3.63, 3.8) is 0 Å². The van der Waals surface area contributed by atoms with Crippen molar-refractivity contribution in [1.29, 1.82) is 0 Å². The summed E-state index contributed by atoms with van der Waals surface area (Å²) in [6.07, 6.45) is 3.93. The maximum absolute atomic E-state index is 4.09. The van der Waals surface area contributed by atoms with Gasteiger partial charge in [0.15, 0.2) is 0 Å². The van der Waals surface area contributed by atoms with E-state index in [0.29, 0.717) is 0 Å². The highest BCUT2D eigenvalue weighted by Gasteiger charge is 2.14. The fraction of sp³-hybridized carbons (Fsp3) is 0.571. The van der Waals surface area contributed by atoms with Crippen molar-refractivity contribution in [3.05, 3.63) is 18.0 Å². The molecule has 0 aliphatic rings. The largest absolute Gasteiger partial charge is 0.276 e. The molecule has 0 amide bonds. The maximum Gasteiger partial charge on any atom is 0.0530 e. The van der Waals surface area contributed by atoms with Crippen LogP contribution in [0.15, 0.2) is 12.4 Å². The second kappa shape index (κ2) is 2.35. The number of aryl methyl sites for hydroxylation is 1. The smallest absolute Gasteiger partial charge is 0.0530 e. The lowest BCUT2D eigenvalue weighted by Gasteiger charge is -2.14. The molecule has 0 N–H and O–H groups in total. The molecule has 1 unspecified atom stereocenters. The molecule has 10 heavy (non-hydrogen) atoms. The Morgan fingerprint density at radius 2 is 2.20 bits per heavy atom. The van der Waals surface area contributed by atoms with Crippen LogP contribution in [0.25, 0.3) is 0 Å². The van der Waals surface area contributed by atoms with Gasteiger partial charge >= 0.3 is 0 Å². The van der Waals surface area contributed by atoms with Crippen LogP contribution in [-0.4, -0.2) is 9.78 Å². The van der Waals surface area contributed by atoms with Gasteiger partial charge in [0.2, 0.25) is 0 Å². The first-order chi connectivity index (χ1) is 4.50. The van der Waals surface area contributed by atoms with Crippen LogP contribution in [0.5, 0.6) is 0 Å². The molecule has 1 rings (SSSR count). The van der Waals surface area contributed by atoms with Gasteiger partial charge in [-0.1, -0.05) is 13.8 Å². The number of hydrogen-bond acceptors (Lipinski definition) is 1. The van der Waals surface area contributed by atoms with Gasteiger partial charge in [-0.2, -0.15) is 5.10 Å². The van der Waals surface area contributed by atoms with Crippen LogP contribution in [-0.2, 0) is 12.2 Å². The SMILES string of the molecule is Cn1cc(C(C)(C)P)cn1. The third-order valence-electron chi connectivity index (χ3n) is 1.45. The summed E-state index contributed by atoms with van der Waals surface area (Å²) in [5, 5.41) is 4.23. The molecule has 1 heterocycles. The van der Waals surface area contributed by atoms with E-state index in [0.717, 1.165) is 0 Å². The van der Waals surface area contributed by atoms with Gasteiger partial charge in [0.25, 0.3) is 0 Å². The lowest BCUT2D eigenvalue weighted by molar-refractivity contribution is 0.756. The topological polar surface area (TPSA) is 17.8 Å². The van der Waals surface area contributed by atoms with Crippen molar-refractivity contribution in [3.8, 4) is 0 Å². The van der Waals surface area contributed by atoms with Gasteiger partial charge in [-0.3, -0.25) is 4.68 Å². The van der Waals surface area contributed by atoms with Crippen molar-refractivity contribution < 1.29 is 0 Å². The van der Waals surface area contributed by atoms with E-state index in [2.05, 4.69) is 28.2 Å². The minimum Gasteiger partial charge on any atom is -0.276 e. The van der Waals surface area contributed by atoms with Crippen molar-refractivity contribution in [2.75, 3.05) is 0 Å². The molecule has 0 radical (unpaired) electrons. The predicted octanol–water partition coefficient (Wildman–Crippen LogP) is 1.53. The van der Waals surface area contributed by atoms with Gasteiger partial charge < -0.3 is 0 Å². The molecular formula is C7H13N2P. The molecule has 0 aromatic carbocycles. The molecule has 2 nitrogen and oxygen atoms in total. The molecule has 0 spiro atoms. The van der Waals surface area contributed by atoms with E-state index in [1.54, 1.807) is 0 Å². The Balaban J connectivity index is 2.96. The summed E-state index contributed by atoms with van der Waals surface area (Å²) in [6.45, 7) is 4.30. The summed E-state index contributed by atoms with van der Waals surface area (Å²) in [6, 6.07) is 0. The van der Waals surface area contributed by atoms with Crippen LogP contribution in [0.3, 0.4) is 0 Å². The van der Waals surface area contributed by atoms with Crippen LogP contribution in [0.4, 0.5) is 0 Å². The molecule has 3 heteroatoms. The molecule has 0 fully saturated rings.